The van der Waals surface area contributed by atoms with Crippen molar-refractivity contribution in [2.45, 2.75) is 26.5 Å². The summed E-state index contributed by atoms with van der Waals surface area (Å²) < 4.78 is 8.47. The highest BCUT2D eigenvalue weighted by Gasteiger charge is 2.15. The summed E-state index contributed by atoms with van der Waals surface area (Å²) in [6.45, 7) is 3.31. The number of rotatable bonds is 7. The largest absolute Gasteiger partial charge is 0.489 e. The Hall–Kier alpha value is -2.54. The third kappa shape index (κ3) is 4.90. The number of nitrogens with zero attached hydrogens (tertiary/aromatic N) is 2. The molecule has 0 radical (unpaired) electrons. The highest BCUT2D eigenvalue weighted by Crippen LogP contribution is 2.27. The molecule has 0 aliphatic carbocycles. The second kappa shape index (κ2) is 8.86. The van der Waals surface area contributed by atoms with Gasteiger partial charge in [0.2, 0.25) is 0 Å². The van der Waals surface area contributed by atoms with E-state index in [2.05, 4.69) is 0 Å². The van der Waals surface area contributed by atoms with E-state index in [-0.39, 0.29) is 24.6 Å². The second-order valence-corrected chi connectivity index (χ2v) is 7.53. The van der Waals surface area contributed by atoms with Gasteiger partial charge in [0.05, 0.1) is 17.3 Å². The molecule has 2 aromatic carbocycles. The average molecular weight is 435 g/mol. The zero-order valence-corrected chi connectivity index (χ0v) is 17.4. The minimum atomic E-state index is -0.921. The SMILES string of the molecule is CC(=O)c1ccc(-n2c(C)cn(C[C@H](O)COc3ccc(Cl)cc3Cl)c2=O)cc1. The van der Waals surface area contributed by atoms with Gasteiger partial charge < -0.3 is 9.84 Å². The van der Waals surface area contributed by atoms with Crippen molar-refractivity contribution in [3.63, 3.8) is 0 Å². The normalized spacial score (nSPS) is 12.0. The van der Waals surface area contributed by atoms with Crippen molar-refractivity contribution < 1.29 is 14.6 Å². The first kappa shape index (κ1) is 21.2. The molecule has 0 amide bonds. The maximum absolute atomic E-state index is 12.8. The van der Waals surface area contributed by atoms with Crippen molar-refractivity contribution in [3.05, 3.63) is 80.4 Å². The number of ether oxygens (including phenoxy) is 1. The van der Waals surface area contributed by atoms with E-state index in [9.17, 15) is 14.7 Å². The number of aliphatic hydroxyl groups is 1. The standard InChI is InChI=1S/C21H20Cl2N2O4/c1-13-10-24(11-18(27)12-29-20-8-5-16(22)9-19(20)23)21(28)25(13)17-6-3-15(4-7-17)14(2)26/h3-10,18,27H,11-12H2,1-2H3/t18-/m0/s1. The highest BCUT2D eigenvalue weighted by atomic mass is 35.5. The monoisotopic (exact) mass is 434 g/mol. The summed E-state index contributed by atoms with van der Waals surface area (Å²) in [7, 11) is 0. The van der Waals surface area contributed by atoms with Crippen LogP contribution in [0.15, 0.2) is 53.5 Å². The summed E-state index contributed by atoms with van der Waals surface area (Å²) in [6, 6.07) is 11.6. The maximum atomic E-state index is 12.8. The number of carbonyl (C=O) groups excluding carboxylic acids is 1. The third-order valence-electron chi connectivity index (χ3n) is 4.40. The number of halogens is 2. The fourth-order valence-corrected chi connectivity index (χ4v) is 3.43. The molecule has 0 aliphatic heterocycles. The van der Waals surface area contributed by atoms with E-state index in [4.69, 9.17) is 27.9 Å². The lowest BCUT2D eigenvalue weighted by Gasteiger charge is -2.13. The number of benzene rings is 2. The topological polar surface area (TPSA) is 73.5 Å². The summed E-state index contributed by atoms with van der Waals surface area (Å²) in [4.78, 5) is 24.2. The van der Waals surface area contributed by atoms with E-state index in [1.165, 1.54) is 16.1 Å². The Bertz CT molecular complexity index is 1090. The zero-order chi connectivity index (χ0) is 21.1. The predicted molar refractivity (Wildman–Crippen MR) is 113 cm³/mol. The van der Waals surface area contributed by atoms with Crippen LogP contribution in [0.3, 0.4) is 0 Å². The lowest BCUT2D eigenvalue weighted by atomic mass is 10.1. The Morgan fingerprint density at radius 3 is 2.48 bits per heavy atom. The summed E-state index contributed by atoms with van der Waals surface area (Å²) in [5.41, 5.74) is 1.64. The first-order valence-corrected chi connectivity index (χ1v) is 9.68. The first-order valence-electron chi connectivity index (χ1n) is 8.92. The number of carbonyl (C=O) groups is 1. The van der Waals surface area contributed by atoms with Crippen molar-refractivity contribution in [3.8, 4) is 11.4 Å². The summed E-state index contributed by atoms with van der Waals surface area (Å²) in [5, 5.41) is 11.1. The Balaban J connectivity index is 1.72. The van der Waals surface area contributed by atoms with E-state index in [1.807, 2.05) is 0 Å². The third-order valence-corrected chi connectivity index (χ3v) is 4.93. The molecular weight excluding hydrogens is 415 g/mol. The highest BCUT2D eigenvalue weighted by molar-refractivity contribution is 6.35. The molecule has 3 rings (SSSR count). The molecule has 0 aliphatic rings. The van der Waals surface area contributed by atoms with Crippen molar-refractivity contribution in [1.82, 2.24) is 9.13 Å². The van der Waals surface area contributed by atoms with E-state index >= 15 is 0 Å². The molecule has 1 N–H and O–H groups in total. The molecule has 0 spiro atoms. The zero-order valence-electron chi connectivity index (χ0n) is 15.9. The predicted octanol–water partition coefficient (Wildman–Crippen LogP) is 3.90. The molecular formula is C21H20Cl2N2O4. The van der Waals surface area contributed by atoms with Gasteiger partial charge in [0.15, 0.2) is 5.78 Å². The maximum Gasteiger partial charge on any atom is 0.333 e. The van der Waals surface area contributed by atoms with Crippen molar-refractivity contribution >= 4 is 29.0 Å². The molecule has 0 saturated heterocycles. The Morgan fingerprint density at radius 2 is 1.86 bits per heavy atom. The number of aromatic nitrogens is 2. The summed E-state index contributed by atoms with van der Waals surface area (Å²) in [5.74, 6) is 0.365. The van der Waals surface area contributed by atoms with E-state index < -0.39 is 6.10 Å². The summed E-state index contributed by atoms with van der Waals surface area (Å²) >= 11 is 11.9. The second-order valence-electron chi connectivity index (χ2n) is 6.68. The van der Waals surface area contributed by atoms with Crippen LogP contribution in [0.1, 0.15) is 23.0 Å². The number of aliphatic hydroxyl groups excluding tert-OH is 1. The van der Waals surface area contributed by atoms with Crippen LogP contribution in [-0.2, 0) is 6.54 Å². The van der Waals surface area contributed by atoms with Crippen LogP contribution in [0.25, 0.3) is 5.69 Å². The van der Waals surface area contributed by atoms with Crippen LogP contribution in [0.5, 0.6) is 5.75 Å². The van der Waals surface area contributed by atoms with Gasteiger partial charge in [-0.05, 0) is 56.3 Å². The molecule has 0 saturated carbocycles. The molecule has 0 fully saturated rings. The first-order chi connectivity index (χ1) is 13.8. The van der Waals surface area contributed by atoms with Gasteiger partial charge in [-0.2, -0.15) is 0 Å². The van der Waals surface area contributed by atoms with Gasteiger partial charge in [0.1, 0.15) is 18.5 Å². The van der Waals surface area contributed by atoms with Gasteiger partial charge in [-0.3, -0.25) is 13.9 Å². The van der Waals surface area contributed by atoms with Crippen molar-refractivity contribution in [1.29, 1.82) is 0 Å². The Morgan fingerprint density at radius 1 is 1.17 bits per heavy atom. The Kier molecular flexibility index (Phi) is 6.47. The van der Waals surface area contributed by atoms with Crippen LogP contribution >= 0.6 is 23.2 Å². The number of ketones is 1. The van der Waals surface area contributed by atoms with Crippen LogP contribution in [0.4, 0.5) is 0 Å². The molecule has 8 heteroatoms. The smallest absolute Gasteiger partial charge is 0.333 e. The Labute approximate surface area is 177 Å². The van der Waals surface area contributed by atoms with E-state index in [1.54, 1.807) is 55.6 Å². The number of hydrogen-bond acceptors (Lipinski definition) is 4. The minimum absolute atomic E-state index is 0.0364. The van der Waals surface area contributed by atoms with Gasteiger partial charge in [-0.25, -0.2) is 4.79 Å². The molecule has 1 aromatic heterocycles. The minimum Gasteiger partial charge on any atom is -0.489 e. The molecule has 0 bridgehead atoms. The lowest BCUT2D eigenvalue weighted by Crippen LogP contribution is -2.31. The van der Waals surface area contributed by atoms with Gasteiger partial charge >= 0.3 is 5.69 Å². The van der Waals surface area contributed by atoms with Gasteiger partial charge in [0.25, 0.3) is 0 Å². The molecule has 6 nitrogen and oxygen atoms in total. The van der Waals surface area contributed by atoms with Gasteiger partial charge in [0, 0.05) is 22.5 Å². The summed E-state index contributed by atoms with van der Waals surface area (Å²) in [6.07, 6.45) is 0.745. The average Bonchev–Trinajstić information content (AvgIpc) is 2.94. The fourth-order valence-electron chi connectivity index (χ4n) is 2.97. The molecule has 0 unspecified atom stereocenters. The van der Waals surface area contributed by atoms with Gasteiger partial charge in [-0.15, -0.1) is 0 Å². The number of Topliss-reactive ketones (excluding diaryl/α,β-unsaturated/α-hetero) is 1. The molecule has 1 atom stereocenters. The fraction of sp³-hybridized carbons (Fsp3) is 0.238. The lowest BCUT2D eigenvalue weighted by molar-refractivity contribution is 0.0916. The molecule has 29 heavy (non-hydrogen) atoms. The number of hydrogen-bond donors (Lipinski definition) is 1. The van der Waals surface area contributed by atoms with Crippen molar-refractivity contribution in [2.24, 2.45) is 0 Å². The van der Waals surface area contributed by atoms with Crippen LogP contribution in [0, 0.1) is 6.92 Å². The van der Waals surface area contributed by atoms with Crippen LogP contribution < -0.4 is 10.4 Å². The quantitative estimate of drug-likeness (QED) is 0.572. The van der Waals surface area contributed by atoms with E-state index in [0.717, 1.165) is 0 Å². The van der Waals surface area contributed by atoms with Gasteiger partial charge in [-0.1, -0.05) is 23.2 Å². The number of imidazole rings is 1. The molecule has 1 heterocycles. The van der Waals surface area contributed by atoms with Crippen LogP contribution in [-0.4, -0.2) is 32.7 Å². The molecule has 3 aromatic rings. The van der Waals surface area contributed by atoms with E-state index in [0.29, 0.717) is 32.7 Å². The number of aryl methyl sites for hydroxylation is 1. The molecule has 152 valence electrons. The van der Waals surface area contributed by atoms with Crippen LogP contribution in [0.2, 0.25) is 10.0 Å². The van der Waals surface area contributed by atoms with Crippen molar-refractivity contribution in [2.75, 3.05) is 6.61 Å².